The number of nitrogens with zero attached hydrogens (tertiary/aromatic N) is 1. The fourth-order valence-electron chi connectivity index (χ4n) is 3.88. The number of likely N-dealkylation sites (tertiary alicyclic amines) is 1. The Balaban J connectivity index is 1.34. The smallest absolute Gasteiger partial charge is 0.263 e. The number of carbonyl (C=O) groups is 1. The molecular weight excluding hydrogens is 302 g/mol. The van der Waals surface area contributed by atoms with Crippen LogP contribution in [0.25, 0.3) is 0 Å². The molecule has 1 aliphatic heterocycles. The van der Waals surface area contributed by atoms with Crippen molar-refractivity contribution in [1.29, 1.82) is 0 Å². The Morgan fingerprint density at radius 1 is 1.13 bits per heavy atom. The molecule has 1 aromatic heterocycles. The summed E-state index contributed by atoms with van der Waals surface area (Å²) in [6.45, 7) is 1.83. The fraction of sp³-hybridized carbons (Fsp3) is 0.450. The summed E-state index contributed by atoms with van der Waals surface area (Å²) in [5.74, 6) is 0.984. The minimum Gasteiger partial charge on any atom is -0.338 e. The highest BCUT2D eigenvalue weighted by atomic mass is 32.1. The molecule has 0 spiro atoms. The molecule has 0 atom stereocenters. The maximum Gasteiger partial charge on any atom is 0.263 e. The number of benzene rings is 1. The number of hydrogen-bond acceptors (Lipinski definition) is 2. The number of amides is 1. The quantitative estimate of drug-likeness (QED) is 0.822. The molecule has 3 heteroatoms. The van der Waals surface area contributed by atoms with Gasteiger partial charge in [-0.05, 0) is 61.6 Å². The zero-order chi connectivity index (χ0) is 15.6. The van der Waals surface area contributed by atoms with Crippen molar-refractivity contribution in [3.8, 4) is 0 Å². The van der Waals surface area contributed by atoms with Gasteiger partial charge in [-0.3, -0.25) is 4.79 Å². The molecule has 4 rings (SSSR count). The topological polar surface area (TPSA) is 20.3 Å². The molecule has 1 saturated heterocycles. The van der Waals surface area contributed by atoms with Gasteiger partial charge in [-0.25, -0.2) is 0 Å². The van der Waals surface area contributed by atoms with Crippen LogP contribution < -0.4 is 0 Å². The van der Waals surface area contributed by atoms with Gasteiger partial charge in [0.2, 0.25) is 0 Å². The molecule has 120 valence electrons. The SMILES string of the molecule is O=C(c1cc2c(s1)CCC2)N1CCC(Cc2ccccc2)CC1. The zero-order valence-electron chi connectivity index (χ0n) is 13.5. The number of thiophene rings is 1. The van der Waals surface area contributed by atoms with E-state index in [1.54, 1.807) is 11.3 Å². The number of aryl methyl sites for hydroxylation is 2. The predicted molar refractivity (Wildman–Crippen MR) is 95.1 cm³/mol. The molecule has 0 radical (unpaired) electrons. The van der Waals surface area contributed by atoms with E-state index in [1.807, 2.05) is 0 Å². The first kappa shape index (κ1) is 14.9. The molecule has 2 heterocycles. The lowest BCUT2D eigenvalue weighted by Crippen LogP contribution is -2.38. The van der Waals surface area contributed by atoms with Crippen LogP contribution in [0.1, 0.15) is 44.9 Å². The summed E-state index contributed by atoms with van der Waals surface area (Å²) in [5, 5.41) is 0. The maximum atomic E-state index is 12.7. The first-order valence-corrected chi connectivity index (χ1v) is 9.56. The molecule has 1 aromatic carbocycles. The van der Waals surface area contributed by atoms with Crippen LogP contribution in [0.15, 0.2) is 36.4 Å². The second kappa shape index (κ2) is 6.48. The van der Waals surface area contributed by atoms with E-state index in [0.717, 1.165) is 49.6 Å². The van der Waals surface area contributed by atoms with Crippen LogP contribution in [0.4, 0.5) is 0 Å². The van der Waals surface area contributed by atoms with Crippen LogP contribution in [0.5, 0.6) is 0 Å². The van der Waals surface area contributed by atoms with E-state index in [1.165, 1.54) is 28.8 Å². The summed E-state index contributed by atoms with van der Waals surface area (Å²) in [5.41, 5.74) is 2.85. The Morgan fingerprint density at radius 2 is 1.91 bits per heavy atom. The van der Waals surface area contributed by atoms with Crippen molar-refractivity contribution in [2.24, 2.45) is 5.92 Å². The molecule has 0 saturated carbocycles. The van der Waals surface area contributed by atoms with Crippen molar-refractivity contribution < 1.29 is 4.79 Å². The van der Waals surface area contributed by atoms with Crippen molar-refractivity contribution in [2.75, 3.05) is 13.1 Å². The molecule has 2 aromatic rings. The standard InChI is InChI=1S/C20H23NOS/c22-20(19-14-17-7-4-8-18(17)23-19)21-11-9-16(10-12-21)13-15-5-2-1-3-6-15/h1-3,5-6,14,16H,4,7-13H2. The Morgan fingerprint density at radius 3 is 2.65 bits per heavy atom. The van der Waals surface area contributed by atoms with Gasteiger partial charge in [-0.2, -0.15) is 0 Å². The van der Waals surface area contributed by atoms with Crippen LogP contribution in [0.3, 0.4) is 0 Å². The predicted octanol–water partition coefficient (Wildman–Crippen LogP) is 4.33. The highest BCUT2D eigenvalue weighted by Gasteiger charge is 2.26. The summed E-state index contributed by atoms with van der Waals surface area (Å²) in [6.07, 6.45) is 7.01. The lowest BCUT2D eigenvalue weighted by molar-refractivity contribution is 0.0695. The molecule has 1 amide bonds. The summed E-state index contributed by atoms with van der Waals surface area (Å²) in [4.78, 5) is 17.2. The summed E-state index contributed by atoms with van der Waals surface area (Å²) in [6, 6.07) is 12.9. The van der Waals surface area contributed by atoms with Gasteiger partial charge in [0.15, 0.2) is 0 Å². The van der Waals surface area contributed by atoms with Crippen LogP contribution in [0.2, 0.25) is 0 Å². The zero-order valence-corrected chi connectivity index (χ0v) is 14.3. The highest BCUT2D eigenvalue weighted by molar-refractivity contribution is 7.14. The minimum atomic E-state index is 0.266. The van der Waals surface area contributed by atoms with Gasteiger partial charge in [0.25, 0.3) is 5.91 Å². The molecule has 0 N–H and O–H groups in total. The Kier molecular flexibility index (Phi) is 4.21. The van der Waals surface area contributed by atoms with Gasteiger partial charge >= 0.3 is 0 Å². The van der Waals surface area contributed by atoms with Gasteiger partial charge in [0.05, 0.1) is 4.88 Å². The normalized spacial score (nSPS) is 18.2. The molecule has 0 unspecified atom stereocenters. The molecule has 0 bridgehead atoms. The van der Waals surface area contributed by atoms with Crippen molar-refractivity contribution in [1.82, 2.24) is 4.90 Å². The summed E-state index contributed by atoms with van der Waals surface area (Å²) < 4.78 is 0. The van der Waals surface area contributed by atoms with Crippen molar-refractivity contribution in [3.63, 3.8) is 0 Å². The van der Waals surface area contributed by atoms with Gasteiger partial charge in [-0.15, -0.1) is 11.3 Å². The van der Waals surface area contributed by atoms with Crippen LogP contribution in [0, 0.1) is 5.92 Å². The van der Waals surface area contributed by atoms with Crippen LogP contribution >= 0.6 is 11.3 Å². The molecule has 23 heavy (non-hydrogen) atoms. The number of rotatable bonds is 3. The third-order valence-electron chi connectivity index (χ3n) is 5.23. The molecule has 1 fully saturated rings. The van der Waals surface area contributed by atoms with E-state index in [4.69, 9.17) is 0 Å². The van der Waals surface area contributed by atoms with Crippen LogP contribution in [-0.2, 0) is 19.3 Å². The van der Waals surface area contributed by atoms with Crippen molar-refractivity contribution in [2.45, 2.75) is 38.5 Å². The lowest BCUT2D eigenvalue weighted by atomic mass is 9.90. The van der Waals surface area contributed by atoms with E-state index in [0.29, 0.717) is 0 Å². The van der Waals surface area contributed by atoms with Crippen molar-refractivity contribution in [3.05, 3.63) is 57.3 Å². The molecular formula is C20H23NOS. The van der Waals surface area contributed by atoms with Crippen molar-refractivity contribution >= 4 is 17.2 Å². The fourth-order valence-corrected chi connectivity index (χ4v) is 5.10. The van der Waals surface area contributed by atoms with Gasteiger partial charge in [-0.1, -0.05) is 30.3 Å². The first-order chi connectivity index (χ1) is 11.3. The second-order valence-electron chi connectivity index (χ2n) is 6.84. The van der Waals surface area contributed by atoms with Gasteiger partial charge in [0, 0.05) is 18.0 Å². The highest BCUT2D eigenvalue weighted by Crippen LogP contribution is 2.32. The van der Waals surface area contributed by atoms with Gasteiger partial charge in [0.1, 0.15) is 0 Å². The second-order valence-corrected chi connectivity index (χ2v) is 7.97. The Bertz CT molecular complexity index is 661. The Hall–Kier alpha value is -1.61. The lowest BCUT2D eigenvalue weighted by Gasteiger charge is -2.31. The number of carbonyl (C=O) groups excluding carboxylic acids is 1. The third kappa shape index (κ3) is 3.20. The number of hydrogen-bond donors (Lipinski definition) is 0. The molecule has 2 nitrogen and oxygen atoms in total. The van der Waals surface area contributed by atoms with E-state index in [2.05, 4.69) is 41.3 Å². The minimum absolute atomic E-state index is 0.266. The molecule has 1 aliphatic carbocycles. The summed E-state index contributed by atoms with van der Waals surface area (Å²) in [7, 11) is 0. The number of piperidine rings is 1. The van der Waals surface area contributed by atoms with E-state index in [9.17, 15) is 4.79 Å². The van der Waals surface area contributed by atoms with E-state index in [-0.39, 0.29) is 5.91 Å². The van der Waals surface area contributed by atoms with E-state index >= 15 is 0 Å². The Labute approximate surface area is 142 Å². The first-order valence-electron chi connectivity index (χ1n) is 8.74. The van der Waals surface area contributed by atoms with E-state index < -0.39 is 0 Å². The third-order valence-corrected chi connectivity index (χ3v) is 6.45. The van der Waals surface area contributed by atoms with Crippen LogP contribution in [-0.4, -0.2) is 23.9 Å². The number of fused-ring (bicyclic) bond motifs is 1. The maximum absolute atomic E-state index is 12.7. The average Bonchev–Trinajstić information content (AvgIpc) is 3.17. The monoisotopic (exact) mass is 325 g/mol. The summed E-state index contributed by atoms with van der Waals surface area (Å²) >= 11 is 1.74. The largest absolute Gasteiger partial charge is 0.338 e. The van der Waals surface area contributed by atoms with Gasteiger partial charge < -0.3 is 4.90 Å². The average molecular weight is 325 g/mol. The molecule has 2 aliphatic rings.